The van der Waals surface area contributed by atoms with Gasteiger partial charge in [-0.3, -0.25) is 0 Å². The molecule has 0 N–H and O–H groups in total. The molecule has 0 aliphatic carbocycles. The van der Waals surface area contributed by atoms with Gasteiger partial charge in [0.1, 0.15) is 5.82 Å². The fourth-order valence-corrected chi connectivity index (χ4v) is 1.95. The molecule has 0 saturated carbocycles. The second-order valence-electron chi connectivity index (χ2n) is 3.53. The minimum atomic E-state index is -0.326. The second kappa shape index (κ2) is 5.65. The lowest BCUT2D eigenvalue weighted by Crippen LogP contribution is -1.85. The largest absolute Gasteiger partial charge is 0.441 e. The molecule has 2 nitrogen and oxygen atoms in total. The van der Waals surface area contributed by atoms with Gasteiger partial charge in [-0.05, 0) is 24.6 Å². The van der Waals surface area contributed by atoms with Crippen LogP contribution in [0.2, 0.25) is 0 Å². The van der Waals surface area contributed by atoms with Gasteiger partial charge in [-0.15, -0.1) is 11.6 Å². The van der Waals surface area contributed by atoms with Crippen molar-refractivity contribution in [2.45, 2.75) is 12.8 Å². The Morgan fingerprint density at radius 3 is 3.00 bits per heavy atom. The van der Waals surface area contributed by atoms with E-state index in [-0.39, 0.29) is 5.82 Å². The number of hydrogen-bond donors (Lipinski definition) is 0. The number of hydrogen-bond acceptors (Lipinski definition) is 2. The number of oxazole rings is 1. The Kier molecular flexibility index (Phi) is 4.18. The Hall–Kier alpha value is -0.870. The first kappa shape index (κ1) is 12.6. The van der Waals surface area contributed by atoms with Gasteiger partial charge in [0.15, 0.2) is 11.7 Å². The van der Waals surface area contributed by atoms with Crippen LogP contribution in [0, 0.1) is 5.82 Å². The molecule has 0 saturated heterocycles. The predicted molar refractivity (Wildman–Crippen MR) is 68.6 cm³/mol. The number of nitrogens with zero attached hydrogens (tertiary/aromatic N) is 1. The molecule has 0 bridgehead atoms. The van der Waals surface area contributed by atoms with E-state index >= 15 is 0 Å². The maximum absolute atomic E-state index is 13.6. The molecule has 0 fully saturated rings. The topological polar surface area (TPSA) is 26.0 Å². The molecule has 0 radical (unpaired) electrons. The summed E-state index contributed by atoms with van der Waals surface area (Å²) in [5.41, 5.74) is 0.406. The van der Waals surface area contributed by atoms with Crippen molar-refractivity contribution in [3.63, 3.8) is 0 Å². The molecule has 90 valence electrons. The van der Waals surface area contributed by atoms with E-state index in [0.29, 0.717) is 29.5 Å². The van der Waals surface area contributed by atoms with Crippen LogP contribution in [0.5, 0.6) is 0 Å². The summed E-state index contributed by atoms with van der Waals surface area (Å²) in [7, 11) is 0. The predicted octanol–water partition coefficient (Wildman–Crippen LogP) is 4.41. The molecule has 5 heteroatoms. The summed E-state index contributed by atoms with van der Waals surface area (Å²) >= 11 is 8.88. The van der Waals surface area contributed by atoms with Gasteiger partial charge in [0, 0.05) is 16.8 Å². The first-order chi connectivity index (χ1) is 8.20. The molecule has 1 heterocycles. The van der Waals surface area contributed by atoms with Crippen LogP contribution in [-0.2, 0) is 6.42 Å². The van der Waals surface area contributed by atoms with Crippen molar-refractivity contribution in [3.05, 3.63) is 40.6 Å². The third kappa shape index (κ3) is 3.07. The van der Waals surface area contributed by atoms with Gasteiger partial charge >= 0.3 is 0 Å². The van der Waals surface area contributed by atoms with Gasteiger partial charge in [0.2, 0.25) is 0 Å². The zero-order valence-electron chi connectivity index (χ0n) is 8.92. The molecule has 17 heavy (non-hydrogen) atoms. The number of aromatic nitrogens is 1. The summed E-state index contributed by atoms with van der Waals surface area (Å²) in [6, 6.07) is 4.70. The maximum Gasteiger partial charge on any atom is 0.194 e. The van der Waals surface area contributed by atoms with Crippen LogP contribution in [0.3, 0.4) is 0 Å². The lowest BCUT2D eigenvalue weighted by Gasteiger charge is -1.99. The van der Waals surface area contributed by atoms with Crippen LogP contribution in [0.25, 0.3) is 11.3 Å². The SMILES string of the molecule is Fc1ccc(Br)cc1-c1cnc(CCCCl)o1. The van der Waals surface area contributed by atoms with E-state index in [1.165, 1.54) is 12.3 Å². The molecule has 2 rings (SSSR count). The van der Waals surface area contributed by atoms with Gasteiger partial charge in [-0.25, -0.2) is 9.37 Å². The molecule has 1 aromatic heterocycles. The molecule has 0 aliphatic heterocycles. The number of halogens is 3. The van der Waals surface area contributed by atoms with Crippen LogP contribution in [0.4, 0.5) is 4.39 Å². The molecule has 0 atom stereocenters. The summed E-state index contributed by atoms with van der Waals surface area (Å²) in [5.74, 6) is 1.25. The van der Waals surface area contributed by atoms with Crippen molar-refractivity contribution < 1.29 is 8.81 Å². The molecule has 2 aromatic rings. The van der Waals surface area contributed by atoms with Crippen molar-refractivity contribution in [2.75, 3.05) is 5.88 Å². The molecular formula is C12H10BrClFNO. The highest BCUT2D eigenvalue weighted by molar-refractivity contribution is 9.10. The molecule has 0 amide bonds. The van der Waals surface area contributed by atoms with E-state index < -0.39 is 0 Å². The van der Waals surface area contributed by atoms with Gasteiger partial charge in [0.05, 0.1) is 11.8 Å². The van der Waals surface area contributed by atoms with E-state index in [9.17, 15) is 4.39 Å². The Morgan fingerprint density at radius 1 is 1.41 bits per heavy atom. The number of alkyl halides is 1. The highest BCUT2D eigenvalue weighted by Gasteiger charge is 2.11. The first-order valence-corrected chi connectivity index (χ1v) is 6.49. The highest BCUT2D eigenvalue weighted by atomic mass is 79.9. The second-order valence-corrected chi connectivity index (χ2v) is 4.83. The summed E-state index contributed by atoms with van der Waals surface area (Å²) in [5, 5.41) is 0. The molecular weight excluding hydrogens is 308 g/mol. The Morgan fingerprint density at radius 2 is 2.24 bits per heavy atom. The molecule has 0 spiro atoms. The van der Waals surface area contributed by atoms with E-state index in [1.807, 2.05) is 0 Å². The number of aryl methyl sites for hydroxylation is 1. The van der Waals surface area contributed by atoms with Crippen LogP contribution in [0.1, 0.15) is 12.3 Å². The highest BCUT2D eigenvalue weighted by Crippen LogP contribution is 2.27. The summed E-state index contributed by atoms with van der Waals surface area (Å²) in [6.07, 6.45) is 3.00. The van der Waals surface area contributed by atoms with Gasteiger partial charge in [-0.1, -0.05) is 15.9 Å². The summed E-state index contributed by atoms with van der Waals surface area (Å²) in [4.78, 5) is 4.09. The average Bonchev–Trinajstić information content (AvgIpc) is 2.78. The average molecular weight is 319 g/mol. The Bertz CT molecular complexity index is 515. The normalized spacial score (nSPS) is 10.8. The zero-order valence-corrected chi connectivity index (χ0v) is 11.3. The Balaban J connectivity index is 2.27. The fourth-order valence-electron chi connectivity index (χ4n) is 1.45. The van der Waals surface area contributed by atoms with Gasteiger partial charge < -0.3 is 4.42 Å². The van der Waals surface area contributed by atoms with Crippen LogP contribution in [0.15, 0.2) is 33.3 Å². The number of benzene rings is 1. The van der Waals surface area contributed by atoms with Crippen LogP contribution < -0.4 is 0 Å². The molecule has 1 aromatic carbocycles. The maximum atomic E-state index is 13.6. The van der Waals surface area contributed by atoms with Crippen LogP contribution in [-0.4, -0.2) is 10.9 Å². The Labute approximate surface area is 112 Å². The smallest absolute Gasteiger partial charge is 0.194 e. The first-order valence-electron chi connectivity index (χ1n) is 5.17. The van der Waals surface area contributed by atoms with Crippen molar-refractivity contribution >= 4 is 27.5 Å². The van der Waals surface area contributed by atoms with Gasteiger partial charge in [0.25, 0.3) is 0 Å². The third-order valence-corrected chi connectivity index (χ3v) is 3.03. The molecule has 0 aliphatic rings. The minimum absolute atomic E-state index is 0.326. The van der Waals surface area contributed by atoms with Crippen molar-refractivity contribution in [1.29, 1.82) is 0 Å². The van der Waals surface area contributed by atoms with Crippen molar-refractivity contribution in [1.82, 2.24) is 4.98 Å². The number of rotatable bonds is 4. The van der Waals surface area contributed by atoms with E-state index in [4.69, 9.17) is 16.0 Å². The standard InChI is InChI=1S/C12H10BrClFNO/c13-8-3-4-10(15)9(6-8)11-7-16-12(17-11)2-1-5-14/h3-4,6-7H,1-2,5H2. The fraction of sp³-hybridized carbons (Fsp3) is 0.250. The quantitative estimate of drug-likeness (QED) is 0.780. The van der Waals surface area contributed by atoms with E-state index in [0.717, 1.165) is 10.9 Å². The van der Waals surface area contributed by atoms with E-state index in [1.54, 1.807) is 12.1 Å². The lowest BCUT2D eigenvalue weighted by atomic mass is 10.2. The summed E-state index contributed by atoms with van der Waals surface area (Å²) in [6.45, 7) is 0. The van der Waals surface area contributed by atoms with E-state index in [2.05, 4.69) is 20.9 Å². The monoisotopic (exact) mass is 317 g/mol. The molecule has 0 unspecified atom stereocenters. The van der Waals surface area contributed by atoms with Crippen molar-refractivity contribution in [3.8, 4) is 11.3 Å². The lowest BCUT2D eigenvalue weighted by molar-refractivity contribution is 0.499. The summed E-state index contributed by atoms with van der Waals surface area (Å²) < 4.78 is 19.9. The van der Waals surface area contributed by atoms with Gasteiger partial charge in [-0.2, -0.15) is 0 Å². The van der Waals surface area contributed by atoms with Crippen LogP contribution >= 0.6 is 27.5 Å². The third-order valence-electron chi connectivity index (χ3n) is 2.27. The minimum Gasteiger partial charge on any atom is -0.441 e. The zero-order chi connectivity index (χ0) is 12.3. The van der Waals surface area contributed by atoms with Crippen molar-refractivity contribution in [2.24, 2.45) is 0 Å².